The van der Waals surface area contributed by atoms with E-state index in [0.29, 0.717) is 5.54 Å². The molecule has 22 heavy (non-hydrogen) atoms. The summed E-state index contributed by atoms with van der Waals surface area (Å²) in [5.74, 6) is 0. The summed E-state index contributed by atoms with van der Waals surface area (Å²) in [6.45, 7) is 10.7. The minimum Gasteiger partial charge on any atom is -0.396 e. The highest BCUT2D eigenvalue weighted by Crippen LogP contribution is 2.25. The van der Waals surface area contributed by atoms with Crippen LogP contribution >= 0.6 is 0 Å². The molecule has 0 aromatic rings. The highest BCUT2D eigenvalue weighted by Gasteiger charge is 2.24. The standard InChI is InChI=1S/C19H42O2Si/c1-5-9-10-11-12-13-14-15-16-19(8-4)22(20-17-6-2)21-18-7-3/h19,22H,5-18H2,1-4H3. The van der Waals surface area contributed by atoms with Gasteiger partial charge in [0, 0.05) is 13.2 Å². The second-order valence-electron chi connectivity index (χ2n) is 6.54. The summed E-state index contributed by atoms with van der Waals surface area (Å²) < 4.78 is 12.2. The van der Waals surface area contributed by atoms with Gasteiger partial charge in [0.15, 0.2) is 0 Å². The van der Waals surface area contributed by atoms with Gasteiger partial charge < -0.3 is 8.85 Å². The van der Waals surface area contributed by atoms with E-state index in [9.17, 15) is 0 Å². The fourth-order valence-electron chi connectivity index (χ4n) is 2.86. The van der Waals surface area contributed by atoms with E-state index in [2.05, 4.69) is 27.7 Å². The molecule has 0 rings (SSSR count). The van der Waals surface area contributed by atoms with Crippen LogP contribution in [0.5, 0.6) is 0 Å². The van der Waals surface area contributed by atoms with Crippen molar-refractivity contribution < 1.29 is 8.85 Å². The van der Waals surface area contributed by atoms with Gasteiger partial charge in [0.2, 0.25) is 0 Å². The largest absolute Gasteiger partial charge is 0.396 e. The summed E-state index contributed by atoms with van der Waals surface area (Å²) >= 11 is 0. The third-order valence-electron chi connectivity index (χ3n) is 4.31. The Morgan fingerprint density at radius 1 is 0.636 bits per heavy atom. The van der Waals surface area contributed by atoms with E-state index >= 15 is 0 Å². The van der Waals surface area contributed by atoms with Crippen molar-refractivity contribution in [3.8, 4) is 0 Å². The zero-order valence-electron chi connectivity index (χ0n) is 15.9. The van der Waals surface area contributed by atoms with E-state index in [0.717, 1.165) is 26.1 Å². The Hall–Kier alpha value is 0.137. The maximum Gasteiger partial charge on any atom is 0.324 e. The van der Waals surface area contributed by atoms with Gasteiger partial charge in [-0.2, -0.15) is 0 Å². The second-order valence-corrected chi connectivity index (χ2v) is 8.89. The van der Waals surface area contributed by atoms with Gasteiger partial charge in [-0.25, -0.2) is 0 Å². The normalized spacial score (nSPS) is 13.0. The van der Waals surface area contributed by atoms with Crippen LogP contribution in [0.15, 0.2) is 0 Å². The second kappa shape index (κ2) is 17.5. The van der Waals surface area contributed by atoms with Gasteiger partial charge in [-0.05, 0) is 24.8 Å². The quantitative estimate of drug-likeness (QED) is 0.228. The first-order valence-corrected chi connectivity index (χ1v) is 11.6. The molecular weight excluding hydrogens is 288 g/mol. The SMILES string of the molecule is CCCCCCCCCCC(CC)[SiH](OCCC)OCCC. The van der Waals surface area contributed by atoms with Gasteiger partial charge >= 0.3 is 9.28 Å². The lowest BCUT2D eigenvalue weighted by atomic mass is 10.1. The summed E-state index contributed by atoms with van der Waals surface area (Å²) in [4.78, 5) is 0. The molecule has 0 fully saturated rings. The zero-order chi connectivity index (χ0) is 16.5. The van der Waals surface area contributed by atoms with E-state index in [-0.39, 0.29) is 0 Å². The molecule has 2 nitrogen and oxygen atoms in total. The van der Waals surface area contributed by atoms with Crippen molar-refractivity contribution in [2.24, 2.45) is 0 Å². The molecular formula is C19H42O2Si. The topological polar surface area (TPSA) is 18.5 Å². The number of hydrogen-bond acceptors (Lipinski definition) is 2. The van der Waals surface area contributed by atoms with Crippen molar-refractivity contribution in [1.82, 2.24) is 0 Å². The molecule has 134 valence electrons. The Kier molecular flexibility index (Phi) is 17.6. The molecule has 3 heteroatoms. The zero-order valence-corrected chi connectivity index (χ0v) is 17.0. The third kappa shape index (κ3) is 12.7. The molecule has 0 aliphatic rings. The third-order valence-corrected chi connectivity index (χ3v) is 7.01. The molecule has 0 saturated carbocycles. The van der Waals surface area contributed by atoms with Crippen LogP contribution in [0.1, 0.15) is 105 Å². The van der Waals surface area contributed by atoms with E-state index in [1.807, 2.05) is 0 Å². The lowest BCUT2D eigenvalue weighted by Gasteiger charge is -2.24. The fourth-order valence-corrected chi connectivity index (χ4v) is 5.33. The molecule has 0 N–H and O–H groups in total. The fraction of sp³-hybridized carbons (Fsp3) is 1.00. The average molecular weight is 331 g/mol. The molecule has 0 spiro atoms. The molecule has 0 aliphatic heterocycles. The van der Waals surface area contributed by atoms with E-state index in [1.165, 1.54) is 64.2 Å². The predicted octanol–water partition coefficient (Wildman–Crippen LogP) is 6.37. The number of hydrogen-bond donors (Lipinski definition) is 0. The van der Waals surface area contributed by atoms with Crippen LogP contribution in [0.25, 0.3) is 0 Å². The van der Waals surface area contributed by atoms with Gasteiger partial charge in [-0.3, -0.25) is 0 Å². The molecule has 1 unspecified atom stereocenters. The van der Waals surface area contributed by atoms with Gasteiger partial charge in [0.05, 0.1) is 0 Å². The Balaban J connectivity index is 3.83. The Morgan fingerprint density at radius 3 is 1.59 bits per heavy atom. The highest BCUT2D eigenvalue weighted by atomic mass is 28.3. The minimum atomic E-state index is -1.46. The lowest BCUT2D eigenvalue weighted by molar-refractivity contribution is 0.184. The van der Waals surface area contributed by atoms with E-state index in [4.69, 9.17) is 8.85 Å². The summed E-state index contributed by atoms with van der Waals surface area (Å²) in [5.41, 5.74) is 0.707. The first-order valence-electron chi connectivity index (χ1n) is 10.0. The smallest absolute Gasteiger partial charge is 0.324 e. The van der Waals surface area contributed by atoms with Gasteiger partial charge in [-0.1, -0.05) is 85.5 Å². The Labute approximate surface area is 142 Å². The van der Waals surface area contributed by atoms with Crippen LogP contribution in [-0.2, 0) is 8.85 Å². The molecule has 0 aromatic heterocycles. The van der Waals surface area contributed by atoms with Crippen molar-refractivity contribution in [1.29, 1.82) is 0 Å². The Bertz CT molecular complexity index is 204. The van der Waals surface area contributed by atoms with Gasteiger partial charge in [-0.15, -0.1) is 0 Å². The van der Waals surface area contributed by atoms with Crippen LogP contribution in [0, 0.1) is 0 Å². The first-order chi connectivity index (χ1) is 10.8. The van der Waals surface area contributed by atoms with Crippen molar-refractivity contribution in [2.45, 2.75) is 110 Å². The molecule has 1 atom stereocenters. The summed E-state index contributed by atoms with van der Waals surface area (Å²) in [7, 11) is -1.46. The summed E-state index contributed by atoms with van der Waals surface area (Å²) in [5, 5.41) is 0. The average Bonchev–Trinajstić information content (AvgIpc) is 2.54. The predicted molar refractivity (Wildman–Crippen MR) is 101 cm³/mol. The number of unbranched alkanes of at least 4 members (excludes halogenated alkanes) is 7. The van der Waals surface area contributed by atoms with E-state index in [1.54, 1.807) is 0 Å². The highest BCUT2D eigenvalue weighted by molar-refractivity contribution is 6.46. The van der Waals surface area contributed by atoms with Crippen LogP contribution in [0.3, 0.4) is 0 Å². The van der Waals surface area contributed by atoms with Crippen molar-refractivity contribution in [2.75, 3.05) is 13.2 Å². The molecule has 0 radical (unpaired) electrons. The molecule has 0 aromatic carbocycles. The molecule has 0 aliphatic carbocycles. The van der Waals surface area contributed by atoms with Gasteiger partial charge in [0.1, 0.15) is 0 Å². The minimum absolute atomic E-state index is 0.707. The summed E-state index contributed by atoms with van der Waals surface area (Å²) in [6, 6.07) is 0. The lowest BCUT2D eigenvalue weighted by Crippen LogP contribution is -2.30. The molecule has 0 bridgehead atoms. The number of rotatable bonds is 17. The van der Waals surface area contributed by atoms with Crippen molar-refractivity contribution in [3.05, 3.63) is 0 Å². The van der Waals surface area contributed by atoms with Crippen LogP contribution < -0.4 is 0 Å². The maximum absolute atomic E-state index is 6.09. The monoisotopic (exact) mass is 330 g/mol. The Morgan fingerprint density at radius 2 is 1.14 bits per heavy atom. The van der Waals surface area contributed by atoms with Crippen LogP contribution in [0.4, 0.5) is 0 Å². The van der Waals surface area contributed by atoms with Crippen molar-refractivity contribution >= 4 is 9.28 Å². The van der Waals surface area contributed by atoms with Crippen LogP contribution in [-0.4, -0.2) is 22.5 Å². The van der Waals surface area contributed by atoms with Crippen LogP contribution in [0.2, 0.25) is 5.54 Å². The molecule has 0 amide bonds. The van der Waals surface area contributed by atoms with Gasteiger partial charge in [0.25, 0.3) is 0 Å². The summed E-state index contributed by atoms with van der Waals surface area (Å²) in [6.07, 6.45) is 16.0. The maximum atomic E-state index is 6.09. The van der Waals surface area contributed by atoms with Crippen molar-refractivity contribution in [3.63, 3.8) is 0 Å². The first kappa shape index (κ1) is 22.1. The molecule has 0 saturated heterocycles. The molecule has 0 heterocycles. The van der Waals surface area contributed by atoms with E-state index < -0.39 is 9.28 Å².